The summed E-state index contributed by atoms with van der Waals surface area (Å²) in [6.07, 6.45) is 23.6. The van der Waals surface area contributed by atoms with E-state index < -0.39 is 14.0 Å². The molecular formula is C25H40Cl2PRu. The van der Waals surface area contributed by atoms with Gasteiger partial charge in [-0.05, 0) is 55.5 Å². The SMILES string of the molecule is C1CCC(P(C2CCCCC2)C2CCCCC2)CC1.[Cl][Ru]([Cl])[CH2]c1ccccc1. The number of hydrogen-bond donors (Lipinski definition) is 0. The van der Waals surface area contributed by atoms with Crippen LogP contribution in [0.3, 0.4) is 0 Å². The Morgan fingerprint density at radius 2 is 1.00 bits per heavy atom. The van der Waals surface area contributed by atoms with Crippen molar-refractivity contribution in [3.63, 3.8) is 0 Å². The molecule has 0 heterocycles. The molecule has 3 saturated carbocycles. The van der Waals surface area contributed by atoms with Crippen LogP contribution in [0.15, 0.2) is 30.3 Å². The number of halogens is 2. The second-order valence-corrected chi connectivity index (χ2v) is 18.7. The molecule has 3 aliphatic carbocycles. The van der Waals surface area contributed by atoms with E-state index in [1.165, 1.54) is 41.8 Å². The van der Waals surface area contributed by atoms with Crippen LogP contribution in [0.25, 0.3) is 0 Å². The van der Waals surface area contributed by atoms with Crippen molar-refractivity contribution in [1.29, 1.82) is 0 Å². The van der Waals surface area contributed by atoms with Crippen LogP contribution < -0.4 is 0 Å². The van der Waals surface area contributed by atoms with Crippen molar-refractivity contribution in [1.82, 2.24) is 0 Å². The quantitative estimate of drug-likeness (QED) is 0.256. The molecule has 0 aliphatic heterocycles. The molecule has 3 aliphatic rings. The monoisotopic (exact) mass is 543 g/mol. The maximum absolute atomic E-state index is 5.72. The zero-order valence-corrected chi connectivity index (χ0v) is 22.1. The van der Waals surface area contributed by atoms with Crippen LogP contribution in [-0.2, 0) is 19.0 Å². The molecule has 167 valence electrons. The van der Waals surface area contributed by atoms with E-state index in [2.05, 4.69) is 0 Å². The summed E-state index contributed by atoms with van der Waals surface area (Å²) >= 11 is -1.49. The molecule has 0 N–H and O–H groups in total. The Hall–Kier alpha value is 0.853. The van der Waals surface area contributed by atoms with Crippen LogP contribution in [-0.4, -0.2) is 17.0 Å². The van der Waals surface area contributed by atoms with Gasteiger partial charge >= 0.3 is 74.3 Å². The van der Waals surface area contributed by atoms with E-state index in [1.807, 2.05) is 30.3 Å². The third-order valence-electron chi connectivity index (χ3n) is 7.07. The average molecular weight is 544 g/mol. The molecule has 1 aromatic rings. The normalized spacial score (nSPS) is 22.8. The van der Waals surface area contributed by atoms with Gasteiger partial charge in [0.15, 0.2) is 0 Å². The van der Waals surface area contributed by atoms with Gasteiger partial charge in [0.1, 0.15) is 0 Å². The first kappa shape index (κ1) is 24.5. The molecule has 0 aromatic heterocycles. The van der Waals surface area contributed by atoms with Crippen molar-refractivity contribution in [2.24, 2.45) is 0 Å². The first-order valence-corrected chi connectivity index (χ1v) is 19.3. The zero-order valence-electron chi connectivity index (χ0n) is 18.0. The van der Waals surface area contributed by atoms with Gasteiger partial charge in [-0.1, -0.05) is 65.7 Å². The second kappa shape index (κ2) is 14.1. The summed E-state index contributed by atoms with van der Waals surface area (Å²) in [7, 11) is 11.8. The summed E-state index contributed by atoms with van der Waals surface area (Å²) in [5, 5.41) is 0.869. The third kappa shape index (κ3) is 8.72. The Labute approximate surface area is 194 Å². The molecule has 0 nitrogen and oxygen atoms in total. The van der Waals surface area contributed by atoms with Gasteiger partial charge in [0.2, 0.25) is 0 Å². The zero-order chi connectivity index (χ0) is 20.3. The molecule has 0 radical (unpaired) electrons. The van der Waals surface area contributed by atoms with Crippen LogP contribution in [0.1, 0.15) is 102 Å². The van der Waals surface area contributed by atoms with E-state index >= 15 is 0 Å². The van der Waals surface area contributed by atoms with Gasteiger partial charge in [-0.3, -0.25) is 0 Å². The van der Waals surface area contributed by atoms with Crippen LogP contribution in [0.4, 0.5) is 0 Å². The first-order valence-electron chi connectivity index (χ1n) is 12.0. The molecule has 0 unspecified atom stereocenters. The van der Waals surface area contributed by atoms with Crippen molar-refractivity contribution in [3.05, 3.63) is 35.9 Å². The van der Waals surface area contributed by atoms with Crippen LogP contribution in [0.2, 0.25) is 0 Å². The topological polar surface area (TPSA) is 0 Å². The Kier molecular flexibility index (Phi) is 11.9. The Morgan fingerprint density at radius 3 is 1.34 bits per heavy atom. The summed E-state index contributed by atoms with van der Waals surface area (Å²) in [4.78, 5) is 0. The molecule has 0 bridgehead atoms. The van der Waals surface area contributed by atoms with Crippen LogP contribution in [0, 0.1) is 0 Å². The van der Waals surface area contributed by atoms with E-state index in [0.29, 0.717) is 7.92 Å². The minimum atomic E-state index is -1.49. The van der Waals surface area contributed by atoms with Crippen molar-refractivity contribution in [2.45, 2.75) is 118 Å². The summed E-state index contributed by atoms with van der Waals surface area (Å²) in [6, 6.07) is 10.1. The van der Waals surface area contributed by atoms with Crippen molar-refractivity contribution in [3.8, 4) is 0 Å². The average Bonchev–Trinajstić information content (AvgIpc) is 2.77. The fourth-order valence-electron chi connectivity index (χ4n) is 5.70. The van der Waals surface area contributed by atoms with Gasteiger partial charge in [0.25, 0.3) is 0 Å². The molecule has 29 heavy (non-hydrogen) atoms. The Bertz CT molecular complexity index is 492. The van der Waals surface area contributed by atoms with Gasteiger partial charge in [-0.15, -0.1) is 0 Å². The predicted octanol–water partition coefficient (Wildman–Crippen LogP) is 9.58. The van der Waals surface area contributed by atoms with E-state index in [-0.39, 0.29) is 0 Å². The summed E-state index contributed by atoms with van der Waals surface area (Å²) < 4.78 is 0. The summed E-state index contributed by atoms with van der Waals surface area (Å²) in [5.41, 5.74) is 4.81. The van der Waals surface area contributed by atoms with Crippen LogP contribution in [0.5, 0.6) is 0 Å². The summed E-state index contributed by atoms with van der Waals surface area (Å²) in [5.74, 6) is 0. The van der Waals surface area contributed by atoms with E-state index in [1.54, 1.807) is 77.0 Å². The molecule has 0 amide bonds. The molecule has 3 fully saturated rings. The Balaban J connectivity index is 0.000000204. The molecule has 0 atom stereocenters. The van der Waals surface area contributed by atoms with Crippen molar-refractivity contribution in [2.75, 3.05) is 0 Å². The van der Waals surface area contributed by atoms with Crippen molar-refractivity contribution < 1.29 is 14.0 Å². The van der Waals surface area contributed by atoms with Crippen molar-refractivity contribution >= 4 is 27.3 Å². The molecule has 4 heteroatoms. The van der Waals surface area contributed by atoms with E-state index in [9.17, 15) is 0 Å². The fraction of sp³-hybridized carbons (Fsp3) is 0.760. The number of rotatable bonds is 5. The fourth-order valence-corrected chi connectivity index (χ4v) is 12.6. The predicted molar refractivity (Wildman–Crippen MR) is 129 cm³/mol. The standard InChI is InChI=1S/C18H33P.C7H7.2ClH.Ru/c1-4-10-16(11-5-1)19(17-12-6-2-7-13-17)18-14-8-3-9-15-18;1-7-5-3-2-4-6-7;;;/h16-18H,1-15H2;2-6H,1H2;2*1H;/q;;;;+2/p-2. The van der Waals surface area contributed by atoms with Gasteiger partial charge < -0.3 is 0 Å². The van der Waals surface area contributed by atoms with E-state index in [4.69, 9.17) is 19.4 Å². The molecule has 0 spiro atoms. The second-order valence-electron chi connectivity index (χ2n) is 9.17. The summed E-state index contributed by atoms with van der Waals surface area (Å²) in [6.45, 7) is 0. The first-order chi connectivity index (χ1) is 14.2. The van der Waals surface area contributed by atoms with Gasteiger partial charge in [0.05, 0.1) is 0 Å². The minimum absolute atomic E-state index is 0.385. The van der Waals surface area contributed by atoms with Gasteiger partial charge in [-0.25, -0.2) is 0 Å². The van der Waals surface area contributed by atoms with Gasteiger partial charge in [0, 0.05) is 0 Å². The third-order valence-corrected chi connectivity index (χ3v) is 13.4. The van der Waals surface area contributed by atoms with E-state index in [0.717, 1.165) is 5.02 Å². The maximum atomic E-state index is 5.72. The number of hydrogen-bond acceptors (Lipinski definition) is 0. The van der Waals surface area contributed by atoms with Gasteiger partial charge in [-0.2, -0.15) is 0 Å². The molecule has 0 saturated heterocycles. The van der Waals surface area contributed by atoms with Crippen LogP contribution >= 0.6 is 27.3 Å². The number of benzene rings is 1. The molecule has 4 rings (SSSR count). The Morgan fingerprint density at radius 1 is 0.621 bits per heavy atom. The molecule has 1 aromatic carbocycles. The molecular weight excluding hydrogens is 503 g/mol.